The Labute approximate surface area is 140 Å². The summed E-state index contributed by atoms with van der Waals surface area (Å²) in [6, 6.07) is 10.4. The van der Waals surface area contributed by atoms with Gasteiger partial charge in [0.15, 0.2) is 0 Å². The zero-order valence-corrected chi connectivity index (χ0v) is 14.4. The normalized spacial score (nSPS) is 13.4. The van der Waals surface area contributed by atoms with Crippen LogP contribution >= 0.6 is 11.8 Å². The largest absolute Gasteiger partial charge is 0.492 e. The number of hydrogen-bond acceptors (Lipinski definition) is 5. The Morgan fingerprint density at radius 2 is 2.00 bits per heavy atom. The van der Waals surface area contributed by atoms with Gasteiger partial charge in [-0.25, -0.2) is 0 Å². The second kappa shape index (κ2) is 6.07. The van der Waals surface area contributed by atoms with Crippen LogP contribution in [0, 0.1) is 0 Å². The summed E-state index contributed by atoms with van der Waals surface area (Å²) in [7, 11) is -2.35. The lowest BCUT2D eigenvalue weighted by molar-refractivity contribution is 0.310. The lowest BCUT2D eigenvalue weighted by Gasteiger charge is -2.30. The van der Waals surface area contributed by atoms with Crippen LogP contribution < -0.4 is 9.64 Å². The molecule has 1 heterocycles. The van der Waals surface area contributed by atoms with Gasteiger partial charge in [-0.05, 0) is 36.8 Å². The maximum absolute atomic E-state index is 11.4. The maximum Gasteiger partial charge on any atom is 0.294 e. The number of hydrogen-bond donors (Lipinski definition) is 1. The molecule has 7 heteroatoms. The van der Waals surface area contributed by atoms with E-state index in [1.165, 1.54) is 23.9 Å². The van der Waals surface area contributed by atoms with Gasteiger partial charge in [-0.3, -0.25) is 4.55 Å². The average Bonchev–Trinajstić information content (AvgIpc) is 2.52. The van der Waals surface area contributed by atoms with Crippen molar-refractivity contribution in [2.24, 2.45) is 0 Å². The Kier molecular flexibility index (Phi) is 4.27. The van der Waals surface area contributed by atoms with E-state index >= 15 is 0 Å². The van der Waals surface area contributed by atoms with Crippen molar-refractivity contribution in [2.75, 3.05) is 18.6 Å². The van der Waals surface area contributed by atoms with Gasteiger partial charge in [0.25, 0.3) is 10.1 Å². The highest BCUT2D eigenvalue weighted by Crippen LogP contribution is 2.51. The smallest absolute Gasteiger partial charge is 0.294 e. The molecule has 5 nitrogen and oxygen atoms in total. The molecule has 0 spiro atoms. The standard InChI is InChI=1S/C16H17NO4S2/c1-3-9-21-14-6-4-5-12-16(14)22-15-8-7-11(23(18,19)20)10-13(15)17(12)2/h4-8,10H,3,9H2,1-2H3,(H,18,19,20). The number of anilines is 2. The molecule has 1 aliphatic heterocycles. The van der Waals surface area contributed by atoms with E-state index in [1.807, 2.05) is 30.1 Å². The summed E-state index contributed by atoms with van der Waals surface area (Å²) in [4.78, 5) is 3.73. The van der Waals surface area contributed by atoms with E-state index in [9.17, 15) is 13.0 Å². The molecule has 0 aliphatic carbocycles. The van der Waals surface area contributed by atoms with E-state index in [0.717, 1.165) is 33.3 Å². The lowest BCUT2D eigenvalue weighted by Crippen LogP contribution is -2.16. The van der Waals surface area contributed by atoms with Crippen molar-refractivity contribution in [3.63, 3.8) is 0 Å². The molecule has 1 N–H and O–H groups in total. The topological polar surface area (TPSA) is 66.8 Å². The van der Waals surface area contributed by atoms with Gasteiger partial charge >= 0.3 is 0 Å². The molecule has 0 unspecified atom stereocenters. The Hall–Kier alpha value is -1.70. The first kappa shape index (κ1) is 16.2. The molecule has 0 saturated heterocycles. The molecule has 0 bridgehead atoms. The fourth-order valence-electron chi connectivity index (χ4n) is 2.44. The highest BCUT2D eigenvalue weighted by Gasteiger charge is 2.25. The number of benzene rings is 2. The number of fused-ring (bicyclic) bond motifs is 2. The Bertz CT molecular complexity index is 849. The highest BCUT2D eigenvalue weighted by molar-refractivity contribution is 7.99. The molecular weight excluding hydrogens is 334 g/mol. The molecule has 3 rings (SSSR count). The van der Waals surface area contributed by atoms with E-state index in [4.69, 9.17) is 4.74 Å². The predicted molar refractivity (Wildman–Crippen MR) is 90.7 cm³/mol. The second-order valence-corrected chi connectivity index (χ2v) is 7.69. The molecule has 0 aromatic heterocycles. The molecule has 0 saturated carbocycles. The van der Waals surface area contributed by atoms with Crippen molar-refractivity contribution in [1.82, 2.24) is 0 Å². The first-order chi connectivity index (χ1) is 10.9. The minimum Gasteiger partial charge on any atom is -0.492 e. The molecule has 1 aliphatic rings. The molecule has 0 amide bonds. The van der Waals surface area contributed by atoms with Crippen molar-refractivity contribution in [3.8, 4) is 5.75 Å². The van der Waals surface area contributed by atoms with Crippen LogP contribution in [0.1, 0.15) is 13.3 Å². The zero-order chi connectivity index (χ0) is 16.6. The molecule has 0 radical (unpaired) electrons. The third-order valence-electron chi connectivity index (χ3n) is 3.58. The van der Waals surface area contributed by atoms with Gasteiger partial charge in [-0.1, -0.05) is 24.8 Å². The molecular formula is C16H17NO4S2. The van der Waals surface area contributed by atoms with Gasteiger partial charge in [0.1, 0.15) is 5.75 Å². The molecule has 0 atom stereocenters. The number of rotatable bonds is 4. The van der Waals surface area contributed by atoms with Gasteiger partial charge in [-0.15, -0.1) is 0 Å². The van der Waals surface area contributed by atoms with Gasteiger partial charge in [0.05, 0.1) is 27.8 Å². The summed E-state index contributed by atoms with van der Waals surface area (Å²) in [5, 5.41) is 0. The Balaban J connectivity index is 2.06. The average molecular weight is 351 g/mol. The lowest BCUT2D eigenvalue weighted by atomic mass is 10.2. The van der Waals surface area contributed by atoms with Crippen LogP contribution in [0.5, 0.6) is 5.75 Å². The van der Waals surface area contributed by atoms with E-state index in [0.29, 0.717) is 6.61 Å². The third-order valence-corrected chi connectivity index (χ3v) is 5.61. The van der Waals surface area contributed by atoms with Crippen LogP contribution in [0.3, 0.4) is 0 Å². The minimum atomic E-state index is -4.22. The van der Waals surface area contributed by atoms with Crippen molar-refractivity contribution in [1.29, 1.82) is 0 Å². The summed E-state index contributed by atoms with van der Waals surface area (Å²) in [5.74, 6) is 0.825. The molecule has 122 valence electrons. The van der Waals surface area contributed by atoms with E-state index in [1.54, 1.807) is 6.07 Å². The van der Waals surface area contributed by atoms with Crippen LogP contribution in [0.25, 0.3) is 0 Å². The summed E-state index contributed by atoms with van der Waals surface area (Å²) in [6.07, 6.45) is 0.929. The van der Waals surface area contributed by atoms with Gasteiger partial charge < -0.3 is 9.64 Å². The quantitative estimate of drug-likeness (QED) is 0.841. The van der Waals surface area contributed by atoms with Crippen molar-refractivity contribution in [3.05, 3.63) is 36.4 Å². The fraction of sp³-hybridized carbons (Fsp3) is 0.250. The number of ether oxygens (including phenoxy) is 1. The minimum absolute atomic E-state index is 0.106. The summed E-state index contributed by atoms with van der Waals surface area (Å²) in [5.41, 5.74) is 1.69. The summed E-state index contributed by atoms with van der Waals surface area (Å²) >= 11 is 1.54. The van der Waals surface area contributed by atoms with Gasteiger partial charge in [-0.2, -0.15) is 8.42 Å². The van der Waals surface area contributed by atoms with Crippen LogP contribution in [0.2, 0.25) is 0 Å². The van der Waals surface area contributed by atoms with Crippen LogP contribution in [-0.2, 0) is 10.1 Å². The molecule has 2 aromatic rings. The number of nitrogens with zero attached hydrogens (tertiary/aromatic N) is 1. The zero-order valence-electron chi connectivity index (χ0n) is 12.8. The molecule has 23 heavy (non-hydrogen) atoms. The SMILES string of the molecule is CCCOc1cccc2c1Sc1ccc(S(=O)(=O)O)cc1N2C. The van der Waals surface area contributed by atoms with Crippen molar-refractivity contribution >= 4 is 33.3 Å². The molecule has 2 aromatic carbocycles. The van der Waals surface area contributed by atoms with E-state index in [-0.39, 0.29) is 4.90 Å². The van der Waals surface area contributed by atoms with Crippen LogP contribution in [-0.4, -0.2) is 26.6 Å². The van der Waals surface area contributed by atoms with Crippen molar-refractivity contribution in [2.45, 2.75) is 28.0 Å². The summed E-state index contributed by atoms with van der Waals surface area (Å²) in [6.45, 7) is 2.70. The van der Waals surface area contributed by atoms with Gasteiger partial charge in [0.2, 0.25) is 0 Å². The molecule has 0 fully saturated rings. The second-order valence-electron chi connectivity index (χ2n) is 5.22. The first-order valence-corrected chi connectivity index (χ1v) is 9.46. The summed E-state index contributed by atoms with van der Waals surface area (Å²) < 4.78 is 37.8. The third kappa shape index (κ3) is 3.04. The van der Waals surface area contributed by atoms with E-state index in [2.05, 4.69) is 6.92 Å². The van der Waals surface area contributed by atoms with Gasteiger partial charge in [0, 0.05) is 11.9 Å². The van der Waals surface area contributed by atoms with E-state index < -0.39 is 10.1 Å². The fourth-order valence-corrected chi connectivity index (χ4v) is 4.14. The van der Waals surface area contributed by atoms with Crippen LogP contribution in [0.4, 0.5) is 11.4 Å². The highest BCUT2D eigenvalue weighted by atomic mass is 32.2. The monoisotopic (exact) mass is 351 g/mol. The van der Waals surface area contributed by atoms with Crippen molar-refractivity contribution < 1.29 is 17.7 Å². The first-order valence-electron chi connectivity index (χ1n) is 7.20. The van der Waals surface area contributed by atoms with Crippen LogP contribution in [0.15, 0.2) is 51.1 Å². The Morgan fingerprint density at radius 1 is 1.22 bits per heavy atom. The maximum atomic E-state index is 11.4. The Morgan fingerprint density at radius 3 is 2.70 bits per heavy atom. The predicted octanol–water partition coefficient (Wildman–Crippen LogP) is 3.95.